The van der Waals surface area contributed by atoms with Gasteiger partial charge < -0.3 is 9.64 Å². The molecule has 0 bridgehead atoms. The molecule has 20 heavy (non-hydrogen) atoms. The molecule has 1 aliphatic heterocycles. The molecule has 0 saturated carbocycles. The first-order valence-electron chi connectivity index (χ1n) is 6.57. The van der Waals surface area contributed by atoms with Crippen molar-refractivity contribution in [2.45, 2.75) is 19.4 Å². The van der Waals surface area contributed by atoms with Gasteiger partial charge in [0.2, 0.25) is 0 Å². The van der Waals surface area contributed by atoms with Gasteiger partial charge in [0, 0.05) is 24.6 Å². The Morgan fingerprint density at radius 1 is 1.30 bits per heavy atom. The molecule has 0 fully saturated rings. The molecule has 104 valence electrons. The standard InChI is InChI=1S/C15H16ClN3O/c1-10-7-19(15-13(10)14(16)17-9-18-15)8-11-3-5-12(20-2)6-4-11/h3-6,9-10H,7-8H2,1-2H3. The number of anilines is 1. The van der Waals surface area contributed by atoms with Gasteiger partial charge in [-0.05, 0) is 17.7 Å². The molecule has 1 unspecified atom stereocenters. The first-order chi connectivity index (χ1) is 9.69. The molecule has 1 atom stereocenters. The van der Waals surface area contributed by atoms with Crippen molar-refractivity contribution in [2.75, 3.05) is 18.6 Å². The number of halogens is 1. The van der Waals surface area contributed by atoms with Gasteiger partial charge >= 0.3 is 0 Å². The van der Waals surface area contributed by atoms with Gasteiger partial charge in [0.15, 0.2) is 0 Å². The number of nitrogens with zero attached hydrogens (tertiary/aromatic N) is 3. The lowest BCUT2D eigenvalue weighted by Gasteiger charge is -2.18. The summed E-state index contributed by atoms with van der Waals surface area (Å²) >= 11 is 6.18. The number of hydrogen-bond donors (Lipinski definition) is 0. The van der Waals surface area contributed by atoms with Crippen LogP contribution in [0.3, 0.4) is 0 Å². The van der Waals surface area contributed by atoms with Gasteiger partial charge in [-0.2, -0.15) is 0 Å². The van der Waals surface area contributed by atoms with Crippen molar-refractivity contribution in [1.82, 2.24) is 9.97 Å². The van der Waals surface area contributed by atoms with E-state index in [1.807, 2.05) is 12.1 Å². The zero-order valence-corrected chi connectivity index (χ0v) is 12.3. The lowest BCUT2D eigenvalue weighted by Crippen LogP contribution is -2.21. The molecule has 1 aromatic heterocycles. The first-order valence-corrected chi connectivity index (χ1v) is 6.95. The van der Waals surface area contributed by atoms with E-state index in [-0.39, 0.29) is 0 Å². The van der Waals surface area contributed by atoms with Crippen LogP contribution in [0.25, 0.3) is 0 Å². The van der Waals surface area contributed by atoms with Crippen molar-refractivity contribution in [3.8, 4) is 5.75 Å². The third-order valence-corrected chi connectivity index (χ3v) is 3.93. The molecule has 0 saturated heterocycles. The zero-order valence-electron chi connectivity index (χ0n) is 11.5. The lowest BCUT2D eigenvalue weighted by atomic mass is 10.1. The molecule has 1 aromatic carbocycles. The Hall–Kier alpha value is -1.81. The van der Waals surface area contributed by atoms with Crippen molar-refractivity contribution in [1.29, 1.82) is 0 Å². The Morgan fingerprint density at radius 3 is 2.75 bits per heavy atom. The normalized spacial score (nSPS) is 17.1. The van der Waals surface area contributed by atoms with Gasteiger partial charge in [0.25, 0.3) is 0 Å². The summed E-state index contributed by atoms with van der Waals surface area (Å²) in [6.45, 7) is 3.89. The molecular formula is C15H16ClN3O. The van der Waals surface area contributed by atoms with Gasteiger partial charge in [-0.15, -0.1) is 0 Å². The molecule has 0 aliphatic carbocycles. The Morgan fingerprint density at radius 2 is 2.05 bits per heavy atom. The molecule has 0 amide bonds. The lowest BCUT2D eigenvalue weighted by molar-refractivity contribution is 0.414. The fourth-order valence-corrected chi connectivity index (χ4v) is 2.95. The van der Waals surface area contributed by atoms with Crippen LogP contribution in [0.4, 0.5) is 5.82 Å². The average Bonchev–Trinajstić information content (AvgIpc) is 2.77. The monoisotopic (exact) mass is 289 g/mol. The van der Waals surface area contributed by atoms with Crippen LogP contribution < -0.4 is 9.64 Å². The number of ether oxygens (including phenoxy) is 1. The molecule has 5 heteroatoms. The zero-order chi connectivity index (χ0) is 14.1. The SMILES string of the molecule is COc1ccc(CN2CC(C)c3c(Cl)ncnc32)cc1. The van der Waals surface area contributed by atoms with E-state index in [4.69, 9.17) is 16.3 Å². The molecular weight excluding hydrogens is 274 g/mol. The second-order valence-corrected chi connectivity index (χ2v) is 5.39. The van der Waals surface area contributed by atoms with E-state index >= 15 is 0 Å². The van der Waals surface area contributed by atoms with E-state index in [1.165, 1.54) is 11.9 Å². The Bertz CT molecular complexity index is 615. The minimum atomic E-state index is 0.358. The predicted octanol–water partition coefficient (Wildman–Crippen LogP) is 3.26. The molecule has 0 N–H and O–H groups in total. The summed E-state index contributed by atoms with van der Waals surface area (Å²) in [6.07, 6.45) is 1.53. The van der Waals surface area contributed by atoms with Crippen LogP contribution >= 0.6 is 11.6 Å². The summed E-state index contributed by atoms with van der Waals surface area (Å²) in [5.41, 5.74) is 2.28. The number of methoxy groups -OCH3 is 1. The van der Waals surface area contributed by atoms with E-state index in [0.29, 0.717) is 11.1 Å². The van der Waals surface area contributed by atoms with Crippen LogP contribution in [0.2, 0.25) is 5.15 Å². The number of benzene rings is 1. The van der Waals surface area contributed by atoms with Crippen LogP contribution in [-0.4, -0.2) is 23.6 Å². The van der Waals surface area contributed by atoms with E-state index in [9.17, 15) is 0 Å². The highest BCUT2D eigenvalue weighted by Gasteiger charge is 2.29. The van der Waals surface area contributed by atoms with Crippen molar-refractivity contribution in [3.63, 3.8) is 0 Å². The molecule has 3 rings (SSSR count). The Kier molecular flexibility index (Phi) is 3.49. The highest BCUT2D eigenvalue weighted by Crippen LogP contribution is 2.38. The van der Waals surface area contributed by atoms with Crippen molar-refractivity contribution >= 4 is 17.4 Å². The highest BCUT2D eigenvalue weighted by atomic mass is 35.5. The van der Waals surface area contributed by atoms with Gasteiger partial charge in [0.1, 0.15) is 23.0 Å². The Balaban J connectivity index is 1.84. The first kappa shape index (κ1) is 13.2. The Labute approximate surface area is 123 Å². The maximum absolute atomic E-state index is 6.18. The minimum Gasteiger partial charge on any atom is -0.497 e. The van der Waals surface area contributed by atoms with Gasteiger partial charge in [-0.3, -0.25) is 0 Å². The maximum atomic E-state index is 6.18. The second-order valence-electron chi connectivity index (χ2n) is 5.03. The number of fused-ring (bicyclic) bond motifs is 1. The van der Waals surface area contributed by atoms with Crippen molar-refractivity contribution < 1.29 is 4.74 Å². The summed E-state index contributed by atoms with van der Waals surface area (Å²) in [5.74, 6) is 2.18. The van der Waals surface area contributed by atoms with E-state index in [2.05, 4.69) is 33.9 Å². The predicted molar refractivity (Wildman–Crippen MR) is 79.5 cm³/mol. The average molecular weight is 290 g/mol. The molecule has 2 aromatic rings. The topological polar surface area (TPSA) is 38.2 Å². The number of hydrogen-bond acceptors (Lipinski definition) is 4. The van der Waals surface area contributed by atoms with Gasteiger partial charge in [-0.25, -0.2) is 9.97 Å². The largest absolute Gasteiger partial charge is 0.497 e. The molecule has 4 nitrogen and oxygen atoms in total. The van der Waals surface area contributed by atoms with Crippen molar-refractivity contribution in [2.24, 2.45) is 0 Å². The maximum Gasteiger partial charge on any atom is 0.138 e. The molecule has 0 radical (unpaired) electrons. The minimum absolute atomic E-state index is 0.358. The third-order valence-electron chi connectivity index (χ3n) is 3.63. The molecule has 0 spiro atoms. The fraction of sp³-hybridized carbons (Fsp3) is 0.333. The second kappa shape index (κ2) is 5.29. The van der Waals surface area contributed by atoms with E-state index in [1.54, 1.807) is 7.11 Å². The summed E-state index contributed by atoms with van der Waals surface area (Å²) in [7, 11) is 1.67. The van der Waals surface area contributed by atoms with Crippen LogP contribution in [0.1, 0.15) is 24.0 Å². The van der Waals surface area contributed by atoms with E-state index in [0.717, 1.165) is 30.2 Å². The summed E-state index contributed by atoms with van der Waals surface area (Å²) in [5, 5.41) is 0.569. The quantitative estimate of drug-likeness (QED) is 0.813. The van der Waals surface area contributed by atoms with Crippen LogP contribution in [0.5, 0.6) is 5.75 Å². The number of rotatable bonds is 3. The summed E-state index contributed by atoms with van der Waals surface area (Å²) in [6, 6.07) is 8.10. The van der Waals surface area contributed by atoms with Gasteiger partial charge in [0.05, 0.1) is 7.11 Å². The van der Waals surface area contributed by atoms with Crippen LogP contribution in [0.15, 0.2) is 30.6 Å². The third kappa shape index (κ3) is 2.31. The molecule has 1 aliphatic rings. The molecule has 2 heterocycles. The smallest absolute Gasteiger partial charge is 0.138 e. The van der Waals surface area contributed by atoms with Crippen LogP contribution in [-0.2, 0) is 6.54 Å². The summed E-state index contributed by atoms with van der Waals surface area (Å²) < 4.78 is 5.18. The number of aromatic nitrogens is 2. The highest BCUT2D eigenvalue weighted by molar-refractivity contribution is 6.30. The summed E-state index contributed by atoms with van der Waals surface area (Å²) in [4.78, 5) is 10.7. The van der Waals surface area contributed by atoms with E-state index < -0.39 is 0 Å². The van der Waals surface area contributed by atoms with Crippen LogP contribution in [0, 0.1) is 0 Å². The van der Waals surface area contributed by atoms with Crippen molar-refractivity contribution in [3.05, 3.63) is 46.9 Å². The van der Waals surface area contributed by atoms with Gasteiger partial charge in [-0.1, -0.05) is 30.7 Å². The fourth-order valence-electron chi connectivity index (χ4n) is 2.64.